The van der Waals surface area contributed by atoms with Crippen molar-refractivity contribution in [3.8, 4) is 5.75 Å². The lowest BCUT2D eigenvalue weighted by Crippen LogP contribution is -2.59. The fourth-order valence-corrected chi connectivity index (χ4v) is 6.52. The first-order chi connectivity index (χ1) is 12.9. The third-order valence-corrected chi connectivity index (χ3v) is 7.93. The van der Waals surface area contributed by atoms with Gasteiger partial charge in [-0.15, -0.1) is 0 Å². The molecule has 0 aromatic heterocycles. The molecule has 2 fully saturated rings. The Kier molecular flexibility index (Phi) is 5.22. The number of morpholine rings is 1. The maximum absolute atomic E-state index is 13.8. The lowest BCUT2D eigenvalue weighted by molar-refractivity contribution is -0.109. The molecular weight excluding hydrogens is 364 g/mol. The topological polar surface area (TPSA) is 59.1 Å². The number of para-hydroxylation sites is 1. The first-order valence-corrected chi connectivity index (χ1v) is 11.4. The summed E-state index contributed by atoms with van der Waals surface area (Å²) in [6.45, 7) is 2.11. The molecule has 0 N–H and O–H groups in total. The third kappa shape index (κ3) is 3.62. The van der Waals surface area contributed by atoms with Crippen LogP contribution in [-0.4, -0.2) is 69.7 Å². The van der Waals surface area contributed by atoms with Crippen LogP contribution in [0.1, 0.15) is 37.7 Å². The Bertz CT molecular complexity index is 787. The van der Waals surface area contributed by atoms with Gasteiger partial charge in [-0.25, -0.2) is 8.42 Å². The van der Waals surface area contributed by atoms with Gasteiger partial charge in [0.05, 0.1) is 24.9 Å². The smallest absolute Gasteiger partial charge is 0.247 e. The summed E-state index contributed by atoms with van der Waals surface area (Å²) >= 11 is 0. The molecule has 27 heavy (non-hydrogen) atoms. The van der Waals surface area contributed by atoms with Crippen LogP contribution in [0.15, 0.2) is 23.1 Å². The molecule has 3 aliphatic rings. The van der Waals surface area contributed by atoms with Crippen molar-refractivity contribution in [2.45, 2.75) is 55.1 Å². The first kappa shape index (κ1) is 19.2. The van der Waals surface area contributed by atoms with Crippen molar-refractivity contribution >= 4 is 10.0 Å². The Morgan fingerprint density at radius 1 is 1.22 bits per heavy atom. The number of aryl methyl sites for hydroxylation is 1. The molecule has 1 saturated heterocycles. The summed E-state index contributed by atoms with van der Waals surface area (Å²) < 4.78 is 41.3. The summed E-state index contributed by atoms with van der Waals surface area (Å²) in [5.41, 5.74) is 0.682. The SMILES string of the molecule is CN(C)CC1COC2(CCCC2)CN1S(=O)(=O)c1cccc2c1OCCC2. The van der Waals surface area contributed by atoms with Gasteiger partial charge in [-0.1, -0.05) is 25.0 Å². The Hall–Kier alpha value is -1.15. The largest absolute Gasteiger partial charge is 0.492 e. The predicted molar refractivity (Wildman–Crippen MR) is 104 cm³/mol. The number of hydrogen-bond donors (Lipinski definition) is 0. The second-order valence-corrected chi connectivity index (χ2v) is 10.2. The van der Waals surface area contributed by atoms with Gasteiger partial charge >= 0.3 is 0 Å². The number of benzene rings is 1. The minimum Gasteiger partial charge on any atom is -0.492 e. The molecule has 6 nitrogen and oxygen atoms in total. The summed E-state index contributed by atoms with van der Waals surface area (Å²) in [6.07, 6.45) is 5.90. The second-order valence-electron chi connectivity index (χ2n) is 8.36. The molecule has 0 bridgehead atoms. The molecule has 1 atom stereocenters. The molecule has 4 rings (SSSR count). The highest BCUT2D eigenvalue weighted by Crippen LogP contribution is 2.41. The lowest BCUT2D eigenvalue weighted by Gasteiger charge is -2.45. The van der Waals surface area contributed by atoms with Crippen LogP contribution in [0.3, 0.4) is 0 Å². The van der Waals surface area contributed by atoms with Gasteiger partial charge in [0.2, 0.25) is 10.0 Å². The molecule has 2 heterocycles. The van der Waals surface area contributed by atoms with Crippen molar-refractivity contribution in [2.75, 3.05) is 40.4 Å². The molecule has 1 saturated carbocycles. The zero-order valence-corrected chi connectivity index (χ0v) is 17.1. The minimum atomic E-state index is -3.66. The van der Waals surface area contributed by atoms with Crippen LogP contribution < -0.4 is 4.74 Å². The van der Waals surface area contributed by atoms with E-state index >= 15 is 0 Å². The van der Waals surface area contributed by atoms with E-state index in [1.54, 1.807) is 10.4 Å². The Labute approximate surface area is 162 Å². The van der Waals surface area contributed by atoms with Crippen molar-refractivity contribution in [3.63, 3.8) is 0 Å². The van der Waals surface area contributed by atoms with Gasteiger partial charge in [0.1, 0.15) is 10.6 Å². The van der Waals surface area contributed by atoms with Crippen LogP contribution in [0.25, 0.3) is 0 Å². The van der Waals surface area contributed by atoms with Crippen LogP contribution in [0, 0.1) is 0 Å². The first-order valence-electron chi connectivity index (χ1n) is 9.97. The van der Waals surface area contributed by atoms with Crippen molar-refractivity contribution < 1.29 is 17.9 Å². The van der Waals surface area contributed by atoms with E-state index in [2.05, 4.69) is 0 Å². The van der Waals surface area contributed by atoms with Crippen molar-refractivity contribution in [3.05, 3.63) is 23.8 Å². The number of likely N-dealkylation sites (N-methyl/N-ethyl adjacent to an activating group) is 1. The third-order valence-electron chi connectivity index (χ3n) is 6.01. The highest BCUT2D eigenvalue weighted by atomic mass is 32.2. The highest BCUT2D eigenvalue weighted by molar-refractivity contribution is 7.89. The van der Waals surface area contributed by atoms with Gasteiger partial charge in [0.15, 0.2) is 0 Å². The molecule has 1 aromatic carbocycles. The van der Waals surface area contributed by atoms with Crippen LogP contribution >= 0.6 is 0 Å². The van der Waals surface area contributed by atoms with E-state index in [-0.39, 0.29) is 11.6 Å². The summed E-state index contributed by atoms with van der Waals surface area (Å²) in [7, 11) is 0.281. The number of rotatable bonds is 4. The average molecular weight is 395 g/mol. The molecule has 7 heteroatoms. The van der Waals surface area contributed by atoms with Gasteiger partial charge < -0.3 is 14.4 Å². The summed E-state index contributed by atoms with van der Waals surface area (Å²) in [5.74, 6) is 0.555. The lowest BCUT2D eigenvalue weighted by atomic mass is 9.99. The van der Waals surface area contributed by atoms with Gasteiger partial charge in [0, 0.05) is 13.1 Å². The van der Waals surface area contributed by atoms with Crippen LogP contribution in [0.2, 0.25) is 0 Å². The van der Waals surface area contributed by atoms with Crippen molar-refractivity contribution in [1.82, 2.24) is 9.21 Å². The van der Waals surface area contributed by atoms with E-state index in [0.717, 1.165) is 44.1 Å². The van der Waals surface area contributed by atoms with E-state index in [1.807, 2.05) is 31.1 Å². The van der Waals surface area contributed by atoms with Crippen LogP contribution in [0.5, 0.6) is 5.75 Å². The van der Waals surface area contributed by atoms with E-state index in [0.29, 0.717) is 36.9 Å². The molecular formula is C20H30N2O4S. The number of fused-ring (bicyclic) bond motifs is 1. The standard InChI is InChI=1S/C20H30N2O4S/c1-21(2)13-17-14-26-20(10-3-4-11-20)15-22(17)27(23,24)18-9-5-7-16-8-6-12-25-19(16)18/h5,7,9,17H,3-4,6,8,10-15H2,1-2H3. The van der Waals surface area contributed by atoms with Gasteiger partial charge in [0.25, 0.3) is 0 Å². The quantitative estimate of drug-likeness (QED) is 0.784. The molecule has 1 spiro atoms. The van der Waals surface area contributed by atoms with Gasteiger partial charge in [-0.2, -0.15) is 4.31 Å². The van der Waals surface area contributed by atoms with E-state index in [4.69, 9.17) is 9.47 Å². The zero-order chi connectivity index (χ0) is 19.1. The van der Waals surface area contributed by atoms with Crippen LogP contribution in [0.4, 0.5) is 0 Å². The second kappa shape index (κ2) is 7.35. The van der Waals surface area contributed by atoms with E-state index in [9.17, 15) is 8.42 Å². The molecule has 2 aliphatic heterocycles. The monoisotopic (exact) mass is 394 g/mol. The number of sulfonamides is 1. The van der Waals surface area contributed by atoms with E-state index in [1.165, 1.54) is 0 Å². The average Bonchev–Trinajstić information content (AvgIpc) is 3.10. The maximum atomic E-state index is 13.8. The van der Waals surface area contributed by atoms with Gasteiger partial charge in [-0.05, 0) is 51.4 Å². The van der Waals surface area contributed by atoms with Crippen LogP contribution in [-0.2, 0) is 21.2 Å². The fourth-order valence-electron chi connectivity index (χ4n) is 4.67. The number of nitrogens with zero attached hydrogens (tertiary/aromatic N) is 2. The molecule has 1 unspecified atom stereocenters. The van der Waals surface area contributed by atoms with Crippen molar-refractivity contribution in [2.24, 2.45) is 0 Å². The summed E-state index contributed by atoms with van der Waals surface area (Å²) in [5, 5.41) is 0. The number of hydrogen-bond acceptors (Lipinski definition) is 5. The predicted octanol–water partition coefficient (Wildman–Crippen LogP) is 2.28. The minimum absolute atomic E-state index is 0.185. The molecule has 1 aromatic rings. The Morgan fingerprint density at radius 2 is 2.00 bits per heavy atom. The normalized spacial score (nSPS) is 25.5. The highest BCUT2D eigenvalue weighted by Gasteiger charge is 2.47. The summed E-state index contributed by atoms with van der Waals surface area (Å²) in [4.78, 5) is 2.35. The molecule has 0 radical (unpaired) electrons. The number of ether oxygens (including phenoxy) is 2. The Morgan fingerprint density at radius 3 is 2.74 bits per heavy atom. The fraction of sp³-hybridized carbons (Fsp3) is 0.700. The molecule has 150 valence electrons. The van der Waals surface area contributed by atoms with Gasteiger partial charge in [-0.3, -0.25) is 0 Å². The summed E-state index contributed by atoms with van der Waals surface area (Å²) in [6, 6.07) is 5.33. The zero-order valence-electron chi connectivity index (χ0n) is 16.3. The maximum Gasteiger partial charge on any atom is 0.247 e. The molecule has 1 aliphatic carbocycles. The van der Waals surface area contributed by atoms with E-state index < -0.39 is 10.0 Å². The Balaban J connectivity index is 1.72. The van der Waals surface area contributed by atoms with Crippen molar-refractivity contribution in [1.29, 1.82) is 0 Å². The molecule has 0 amide bonds.